The van der Waals surface area contributed by atoms with Crippen molar-refractivity contribution in [1.29, 1.82) is 0 Å². The van der Waals surface area contributed by atoms with Crippen molar-refractivity contribution in [3.8, 4) is 0 Å². The topological polar surface area (TPSA) is 103 Å². The van der Waals surface area contributed by atoms with E-state index < -0.39 is 11.6 Å². The molecule has 0 amide bonds. The van der Waals surface area contributed by atoms with E-state index in [1.54, 1.807) is 4.52 Å². The van der Waals surface area contributed by atoms with Crippen molar-refractivity contribution in [3.05, 3.63) is 64.2 Å². The number of nitrogens with zero attached hydrogens (tertiary/aromatic N) is 5. The number of aliphatic hydroxyl groups excluding tert-OH is 1. The van der Waals surface area contributed by atoms with Crippen LogP contribution in [0.15, 0.2) is 35.9 Å². The van der Waals surface area contributed by atoms with Gasteiger partial charge in [0.2, 0.25) is 0 Å². The van der Waals surface area contributed by atoms with Crippen LogP contribution in [0.3, 0.4) is 0 Å². The molecule has 184 valence electrons. The molecule has 3 aromatic rings. The SMILES string of the molecule is CCc1cncc(CCC2(C3CCCC3)CC(O)=C(Cc3nc4nc(C)cc(C)n4n3)C(=O)O2)c1. The highest BCUT2D eigenvalue weighted by Crippen LogP contribution is 2.46. The smallest absolute Gasteiger partial charge is 0.338 e. The Morgan fingerprint density at radius 1 is 1.14 bits per heavy atom. The van der Waals surface area contributed by atoms with Crippen LogP contribution in [0, 0.1) is 19.8 Å². The molecule has 0 spiro atoms. The normalized spacial score (nSPS) is 21.2. The van der Waals surface area contributed by atoms with E-state index in [1.165, 1.54) is 5.56 Å². The fraction of sp³-hybridized carbons (Fsp3) is 0.519. The molecule has 8 heteroatoms. The molecule has 8 nitrogen and oxygen atoms in total. The molecule has 1 aliphatic heterocycles. The molecule has 1 saturated carbocycles. The van der Waals surface area contributed by atoms with Crippen molar-refractivity contribution in [2.24, 2.45) is 5.92 Å². The molecule has 2 aliphatic rings. The van der Waals surface area contributed by atoms with Crippen LogP contribution in [0.5, 0.6) is 0 Å². The van der Waals surface area contributed by atoms with E-state index in [0.717, 1.165) is 55.5 Å². The van der Waals surface area contributed by atoms with Crippen LogP contribution in [0.25, 0.3) is 5.78 Å². The molecule has 0 radical (unpaired) electrons. The van der Waals surface area contributed by atoms with Gasteiger partial charge in [-0.25, -0.2) is 14.3 Å². The van der Waals surface area contributed by atoms with Crippen LogP contribution >= 0.6 is 0 Å². The Labute approximate surface area is 205 Å². The lowest BCUT2D eigenvalue weighted by Gasteiger charge is -2.41. The van der Waals surface area contributed by atoms with Gasteiger partial charge >= 0.3 is 5.97 Å². The first-order chi connectivity index (χ1) is 16.9. The summed E-state index contributed by atoms with van der Waals surface area (Å²) in [7, 11) is 0. The molecule has 5 rings (SSSR count). The summed E-state index contributed by atoms with van der Waals surface area (Å²) in [5.41, 5.74) is 3.66. The van der Waals surface area contributed by atoms with Crippen molar-refractivity contribution in [2.45, 2.75) is 84.2 Å². The number of fused-ring (bicyclic) bond motifs is 1. The summed E-state index contributed by atoms with van der Waals surface area (Å²) in [5.74, 6) is 0.834. The number of carbonyl (C=O) groups is 1. The van der Waals surface area contributed by atoms with Crippen molar-refractivity contribution >= 4 is 11.7 Å². The number of hydrogen-bond acceptors (Lipinski definition) is 7. The van der Waals surface area contributed by atoms with E-state index in [1.807, 2.05) is 32.3 Å². The minimum atomic E-state index is -0.690. The zero-order chi connectivity index (χ0) is 24.6. The van der Waals surface area contributed by atoms with E-state index in [9.17, 15) is 9.90 Å². The lowest BCUT2D eigenvalue weighted by molar-refractivity contribution is -0.167. The molecule has 4 heterocycles. The third-order valence-electron chi connectivity index (χ3n) is 7.55. The predicted octanol–water partition coefficient (Wildman–Crippen LogP) is 4.56. The third-order valence-corrected chi connectivity index (χ3v) is 7.55. The second kappa shape index (κ2) is 9.40. The number of rotatable bonds is 7. The monoisotopic (exact) mass is 475 g/mol. The molecule has 1 atom stereocenters. The van der Waals surface area contributed by atoms with Crippen molar-refractivity contribution < 1.29 is 14.6 Å². The first-order valence-electron chi connectivity index (χ1n) is 12.6. The summed E-state index contributed by atoms with van der Waals surface area (Å²) in [6, 6.07) is 4.10. The van der Waals surface area contributed by atoms with Crippen molar-refractivity contribution in [2.75, 3.05) is 0 Å². The van der Waals surface area contributed by atoms with Crippen LogP contribution in [-0.4, -0.2) is 41.2 Å². The van der Waals surface area contributed by atoms with Gasteiger partial charge in [-0.1, -0.05) is 25.8 Å². The highest BCUT2D eigenvalue weighted by molar-refractivity contribution is 5.90. The Balaban J connectivity index is 1.40. The zero-order valence-electron chi connectivity index (χ0n) is 20.8. The van der Waals surface area contributed by atoms with Gasteiger partial charge in [-0.15, -0.1) is 5.10 Å². The van der Waals surface area contributed by atoms with E-state index in [4.69, 9.17) is 4.74 Å². The average molecular weight is 476 g/mol. The van der Waals surface area contributed by atoms with Gasteiger partial charge < -0.3 is 9.84 Å². The van der Waals surface area contributed by atoms with Gasteiger partial charge in [-0.3, -0.25) is 4.98 Å². The first-order valence-corrected chi connectivity index (χ1v) is 12.6. The first kappa shape index (κ1) is 23.5. The van der Waals surface area contributed by atoms with Gasteiger partial charge in [0.15, 0.2) is 5.82 Å². The largest absolute Gasteiger partial charge is 0.512 e. The molecule has 1 aliphatic carbocycles. The number of cyclic esters (lactones) is 1. The number of ether oxygens (including phenoxy) is 1. The van der Waals surface area contributed by atoms with Crippen LogP contribution in [0.4, 0.5) is 0 Å². The molecule has 0 aromatic carbocycles. The third kappa shape index (κ3) is 4.66. The maximum absolute atomic E-state index is 13.3. The summed E-state index contributed by atoms with van der Waals surface area (Å²) in [6.07, 6.45) is 10.9. The second-order valence-electron chi connectivity index (χ2n) is 10.0. The molecule has 0 saturated heterocycles. The Morgan fingerprint density at radius 2 is 1.91 bits per heavy atom. The predicted molar refractivity (Wildman–Crippen MR) is 131 cm³/mol. The van der Waals surface area contributed by atoms with Crippen LogP contribution < -0.4 is 0 Å². The maximum Gasteiger partial charge on any atom is 0.338 e. The lowest BCUT2D eigenvalue weighted by Crippen LogP contribution is -2.46. The van der Waals surface area contributed by atoms with E-state index in [-0.39, 0.29) is 23.7 Å². The lowest BCUT2D eigenvalue weighted by atomic mass is 9.76. The Morgan fingerprint density at radius 3 is 2.66 bits per heavy atom. The average Bonchev–Trinajstić information content (AvgIpc) is 3.51. The standard InChI is InChI=1S/C27H33N5O3/c1-4-19-12-20(16-28-15-19)9-10-27(21-7-5-6-8-21)14-23(33)22(25(34)35-27)13-24-30-26-29-17(2)11-18(3)32(26)31-24/h11-12,15-16,21,33H,4-10,13-14H2,1-3H3. The number of hydrogen-bond donors (Lipinski definition) is 1. The van der Waals surface area contributed by atoms with Gasteiger partial charge in [0.05, 0.1) is 5.57 Å². The summed E-state index contributed by atoms with van der Waals surface area (Å²) in [4.78, 5) is 26.6. The second-order valence-corrected chi connectivity index (χ2v) is 10.0. The highest BCUT2D eigenvalue weighted by Gasteiger charge is 2.48. The summed E-state index contributed by atoms with van der Waals surface area (Å²) in [6.45, 7) is 5.96. The molecule has 35 heavy (non-hydrogen) atoms. The minimum Gasteiger partial charge on any atom is -0.512 e. The molecule has 1 N–H and O–H groups in total. The molecule has 1 unspecified atom stereocenters. The fourth-order valence-electron chi connectivity index (χ4n) is 5.66. The fourth-order valence-corrected chi connectivity index (χ4v) is 5.66. The van der Waals surface area contributed by atoms with E-state index in [2.05, 4.69) is 33.0 Å². The van der Waals surface area contributed by atoms with E-state index in [0.29, 0.717) is 24.4 Å². The van der Waals surface area contributed by atoms with Gasteiger partial charge in [0.25, 0.3) is 5.78 Å². The molecular weight excluding hydrogens is 442 g/mol. The number of aryl methyl sites for hydroxylation is 4. The Hall–Kier alpha value is -3.29. The van der Waals surface area contributed by atoms with Gasteiger partial charge in [-0.05, 0) is 69.1 Å². The number of esters is 1. The highest BCUT2D eigenvalue weighted by atomic mass is 16.6. The Bertz CT molecular complexity index is 1290. The number of pyridine rings is 1. The van der Waals surface area contributed by atoms with Gasteiger partial charge in [-0.2, -0.15) is 4.98 Å². The summed E-state index contributed by atoms with van der Waals surface area (Å²) in [5, 5.41) is 15.6. The Kier molecular flexibility index (Phi) is 6.30. The van der Waals surface area contributed by atoms with Crippen molar-refractivity contribution in [1.82, 2.24) is 24.6 Å². The molecular formula is C27H33N5O3. The number of carbonyl (C=O) groups excluding carboxylic acids is 1. The van der Waals surface area contributed by atoms with Crippen molar-refractivity contribution in [3.63, 3.8) is 0 Å². The molecule has 3 aromatic heterocycles. The summed E-state index contributed by atoms with van der Waals surface area (Å²) >= 11 is 0. The van der Waals surface area contributed by atoms with Crippen LogP contribution in [-0.2, 0) is 28.8 Å². The molecule has 1 fully saturated rings. The van der Waals surface area contributed by atoms with Gasteiger partial charge in [0, 0.05) is 36.6 Å². The maximum atomic E-state index is 13.3. The number of aromatic nitrogens is 5. The van der Waals surface area contributed by atoms with E-state index >= 15 is 0 Å². The zero-order valence-corrected chi connectivity index (χ0v) is 20.8. The van der Waals surface area contributed by atoms with Gasteiger partial charge in [0.1, 0.15) is 11.4 Å². The minimum absolute atomic E-state index is 0.105. The number of aliphatic hydroxyl groups is 1. The summed E-state index contributed by atoms with van der Waals surface area (Å²) < 4.78 is 7.92. The molecule has 0 bridgehead atoms. The quantitative estimate of drug-likeness (QED) is 0.500. The van der Waals surface area contributed by atoms with Crippen LogP contribution in [0.2, 0.25) is 0 Å². The van der Waals surface area contributed by atoms with Crippen LogP contribution in [0.1, 0.15) is 73.8 Å².